The highest BCUT2D eigenvalue weighted by Gasteiger charge is 2.42. The standard InChI is InChI=1S/C22H16N2O3/c25-20-14-8-7-9-16(20)15-19-21(26)23(17-10-3-1-4-11-17)24(22(19)27)18-12-5-2-6-13-18/h1-15,25H. The molecular weight excluding hydrogens is 340 g/mol. The molecule has 1 fully saturated rings. The zero-order valence-electron chi connectivity index (χ0n) is 14.3. The van der Waals surface area contributed by atoms with Crippen molar-refractivity contribution >= 4 is 29.3 Å². The molecule has 5 nitrogen and oxygen atoms in total. The first-order valence-electron chi connectivity index (χ1n) is 8.45. The monoisotopic (exact) mass is 356 g/mol. The summed E-state index contributed by atoms with van der Waals surface area (Å²) in [7, 11) is 0. The minimum Gasteiger partial charge on any atom is -0.507 e. The van der Waals surface area contributed by atoms with Gasteiger partial charge in [-0.3, -0.25) is 9.59 Å². The molecule has 3 aromatic carbocycles. The Hall–Kier alpha value is -3.86. The lowest BCUT2D eigenvalue weighted by atomic mass is 10.1. The van der Waals surface area contributed by atoms with E-state index < -0.39 is 11.8 Å². The van der Waals surface area contributed by atoms with E-state index in [-0.39, 0.29) is 11.3 Å². The van der Waals surface area contributed by atoms with Crippen molar-refractivity contribution in [3.05, 3.63) is 96.1 Å². The second kappa shape index (κ2) is 6.80. The van der Waals surface area contributed by atoms with E-state index >= 15 is 0 Å². The molecule has 132 valence electrons. The molecule has 0 bridgehead atoms. The first kappa shape index (κ1) is 16.6. The summed E-state index contributed by atoms with van der Waals surface area (Å²) in [6.45, 7) is 0. The fourth-order valence-electron chi connectivity index (χ4n) is 2.99. The molecule has 0 aliphatic carbocycles. The summed E-state index contributed by atoms with van der Waals surface area (Å²) >= 11 is 0. The smallest absolute Gasteiger partial charge is 0.283 e. The number of hydrogen-bond donors (Lipinski definition) is 1. The van der Waals surface area contributed by atoms with Crippen molar-refractivity contribution in [2.24, 2.45) is 0 Å². The summed E-state index contributed by atoms with van der Waals surface area (Å²) < 4.78 is 0. The third-order valence-corrected chi connectivity index (χ3v) is 4.28. The fourth-order valence-corrected chi connectivity index (χ4v) is 2.99. The molecule has 0 unspecified atom stereocenters. The Kier molecular flexibility index (Phi) is 4.18. The highest BCUT2D eigenvalue weighted by Crippen LogP contribution is 2.33. The van der Waals surface area contributed by atoms with E-state index in [0.29, 0.717) is 16.9 Å². The molecule has 4 rings (SSSR count). The first-order valence-corrected chi connectivity index (χ1v) is 8.45. The van der Waals surface area contributed by atoms with Crippen LogP contribution in [-0.4, -0.2) is 16.9 Å². The Morgan fingerprint density at radius 2 is 1.07 bits per heavy atom. The minimum absolute atomic E-state index is 0.00928. The van der Waals surface area contributed by atoms with Gasteiger partial charge in [0.25, 0.3) is 11.8 Å². The number of nitrogens with zero attached hydrogens (tertiary/aromatic N) is 2. The summed E-state index contributed by atoms with van der Waals surface area (Å²) in [6, 6.07) is 24.6. The van der Waals surface area contributed by atoms with Gasteiger partial charge in [-0.2, -0.15) is 0 Å². The number of phenolic OH excluding ortho intramolecular Hbond substituents is 1. The molecule has 1 aliphatic rings. The highest BCUT2D eigenvalue weighted by atomic mass is 16.3. The fraction of sp³-hybridized carbons (Fsp3) is 0. The molecule has 2 amide bonds. The zero-order chi connectivity index (χ0) is 18.8. The lowest BCUT2D eigenvalue weighted by Crippen LogP contribution is -2.41. The molecule has 1 heterocycles. The number of para-hydroxylation sites is 3. The van der Waals surface area contributed by atoms with Crippen LogP contribution in [0.5, 0.6) is 5.75 Å². The maximum Gasteiger partial charge on any atom is 0.283 e. The number of phenols is 1. The Bertz CT molecular complexity index is 970. The SMILES string of the molecule is O=C1C(=Cc2ccccc2O)C(=O)N(c2ccccc2)N1c1ccccc1. The Balaban J connectivity index is 1.86. The van der Waals surface area contributed by atoms with Crippen molar-refractivity contribution in [1.29, 1.82) is 0 Å². The predicted molar refractivity (Wildman–Crippen MR) is 104 cm³/mol. The molecule has 0 atom stereocenters. The molecule has 27 heavy (non-hydrogen) atoms. The van der Waals surface area contributed by atoms with Crippen LogP contribution in [0, 0.1) is 0 Å². The van der Waals surface area contributed by atoms with Gasteiger partial charge in [0.1, 0.15) is 11.3 Å². The van der Waals surface area contributed by atoms with E-state index in [0.717, 1.165) is 0 Å². The molecule has 0 aromatic heterocycles. The number of benzene rings is 3. The zero-order valence-corrected chi connectivity index (χ0v) is 14.3. The molecule has 0 spiro atoms. The Morgan fingerprint density at radius 3 is 1.56 bits per heavy atom. The van der Waals surface area contributed by atoms with Crippen LogP contribution in [0.2, 0.25) is 0 Å². The largest absolute Gasteiger partial charge is 0.507 e. The van der Waals surface area contributed by atoms with E-state index in [4.69, 9.17) is 0 Å². The van der Waals surface area contributed by atoms with E-state index in [2.05, 4.69) is 0 Å². The second-order valence-corrected chi connectivity index (χ2v) is 6.02. The molecule has 1 N–H and O–H groups in total. The van der Waals surface area contributed by atoms with E-state index in [1.807, 2.05) is 12.1 Å². The predicted octanol–water partition coefficient (Wildman–Crippen LogP) is 3.77. The first-order chi connectivity index (χ1) is 13.2. The summed E-state index contributed by atoms with van der Waals surface area (Å²) in [5, 5.41) is 12.7. The molecule has 0 saturated carbocycles. The quantitative estimate of drug-likeness (QED) is 0.574. The number of anilines is 2. The van der Waals surface area contributed by atoms with Gasteiger partial charge in [-0.1, -0.05) is 54.6 Å². The van der Waals surface area contributed by atoms with Gasteiger partial charge < -0.3 is 5.11 Å². The van der Waals surface area contributed by atoms with Crippen LogP contribution in [0.15, 0.2) is 90.5 Å². The van der Waals surface area contributed by atoms with Gasteiger partial charge in [0.2, 0.25) is 0 Å². The average Bonchev–Trinajstić information content (AvgIpc) is 2.95. The number of carbonyl (C=O) groups excluding carboxylic acids is 2. The van der Waals surface area contributed by atoms with Crippen molar-refractivity contribution < 1.29 is 14.7 Å². The van der Waals surface area contributed by atoms with Gasteiger partial charge in [-0.25, -0.2) is 10.0 Å². The van der Waals surface area contributed by atoms with Crippen LogP contribution >= 0.6 is 0 Å². The van der Waals surface area contributed by atoms with E-state index in [1.54, 1.807) is 66.7 Å². The van der Waals surface area contributed by atoms with Crippen LogP contribution < -0.4 is 10.0 Å². The Labute approximate surface area is 156 Å². The summed E-state index contributed by atoms with van der Waals surface area (Å²) in [5.74, 6) is -0.883. The Morgan fingerprint density at radius 1 is 0.630 bits per heavy atom. The van der Waals surface area contributed by atoms with Crippen LogP contribution in [0.1, 0.15) is 5.56 Å². The van der Waals surface area contributed by atoms with Gasteiger partial charge in [0.15, 0.2) is 0 Å². The molecule has 0 radical (unpaired) electrons. The number of amides is 2. The van der Waals surface area contributed by atoms with E-state index in [1.165, 1.54) is 22.2 Å². The summed E-state index contributed by atoms with van der Waals surface area (Å²) in [5.41, 5.74) is 1.57. The van der Waals surface area contributed by atoms with Crippen LogP contribution in [0.25, 0.3) is 6.08 Å². The number of hydrazine groups is 1. The van der Waals surface area contributed by atoms with Crippen molar-refractivity contribution in [3.8, 4) is 5.75 Å². The number of rotatable bonds is 3. The van der Waals surface area contributed by atoms with Crippen molar-refractivity contribution in [2.75, 3.05) is 10.0 Å². The van der Waals surface area contributed by atoms with E-state index in [9.17, 15) is 14.7 Å². The summed E-state index contributed by atoms with van der Waals surface area (Å²) in [6.07, 6.45) is 1.43. The maximum atomic E-state index is 13.1. The van der Waals surface area contributed by atoms with Gasteiger partial charge in [0.05, 0.1) is 11.4 Å². The van der Waals surface area contributed by atoms with Gasteiger partial charge >= 0.3 is 0 Å². The molecular formula is C22H16N2O3. The minimum atomic E-state index is -0.446. The third-order valence-electron chi connectivity index (χ3n) is 4.28. The maximum absolute atomic E-state index is 13.1. The van der Waals surface area contributed by atoms with Gasteiger partial charge in [0, 0.05) is 5.56 Å². The summed E-state index contributed by atoms with van der Waals surface area (Å²) in [4.78, 5) is 26.3. The van der Waals surface area contributed by atoms with Crippen LogP contribution in [-0.2, 0) is 9.59 Å². The molecule has 1 saturated heterocycles. The van der Waals surface area contributed by atoms with Crippen molar-refractivity contribution in [1.82, 2.24) is 0 Å². The average molecular weight is 356 g/mol. The number of hydrogen-bond acceptors (Lipinski definition) is 3. The topological polar surface area (TPSA) is 60.9 Å². The lowest BCUT2D eigenvalue weighted by Gasteiger charge is -2.27. The number of carbonyl (C=O) groups is 2. The van der Waals surface area contributed by atoms with Gasteiger partial charge in [-0.05, 0) is 36.4 Å². The lowest BCUT2D eigenvalue weighted by molar-refractivity contribution is -0.116. The van der Waals surface area contributed by atoms with Crippen LogP contribution in [0.4, 0.5) is 11.4 Å². The molecule has 5 heteroatoms. The van der Waals surface area contributed by atoms with Gasteiger partial charge in [-0.15, -0.1) is 0 Å². The normalized spacial score (nSPS) is 14.0. The third kappa shape index (κ3) is 2.95. The van der Waals surface area contributed by atoms with Crippen molar-refractivity contribution in [3.63, 3.8) is 0 Å². The van der Waals surface area contributed by atoms with Crippen molar-refractivity contribution in [2.45, 2.75) is 0 Å². The number of aromatic hydroxyl groups is 1. The molecule has 1 aliphatic heterocycles. The second-order valence-electron chi connectivity index (χ2n) is 6.02. The highest BCUT2D eigenvalue weighted by molar-refractivity contribution is 6.38. The van der Waals surface area contributed by atoms with Crippen LogP contribution in [0.3, 0.4) is 0 Å². The molecule has 3 aromatic rings.